The Bertz CT molecular complexity index is 78.1. The summed E-state index contributed by atoms with van der Waals surface area (Å²) in [5, 5.41) is 6.64. The van der Waals surface area contributed by atoms with E-state index in [-0.39, 0.29) is 12.4 Å². The highest BCUT2D eigenvalue weighted by Crippen LogP contribution is 2.17. The van der Waals surface area contributed by atoms with Crippen LogP contribution in [0.25, 0.3) is 0 Å². The molecule has 1 saturated carbocycles. The van der Waals surface area contributed by atoms with Crippen LogP contribution in [0, 0.1) is 0 Å². The van der Waals surface area contributed by atoms with Gasteiger partial charge in [0, 0.05) is 12.1 Å². The lowest BCUT2D eigenvalue weighted by molar-refractivity contribution is 0.330. The van der Waals surface area contributed by atoms with E-state index >= 15 is 0 Å². The third-order valence-electron chi connectivity index (χ3n) is 2.54. The smallest absolute Gasteiger partial charge is 0.00652 e. The molecule has 1 aliphatic carbocycles. The molecule has 0 radical (unpaired) electrons. The fraction of sp³-hybridized carbons (Fsp3) is 1.00. The fourth-order valence-electron chi connectivity index (χ4n) is 1.67. The van der Waals surface area contributed by atoms with Crippen LogP contribution in [0.15, 0.2) is 0 Å². The SMILES string of the molecule is CNC1CCC(NC)CC1.Cl. The van der Waals surface area contributed by atoms with Crippen molar-refractivity contribution in [3.05, 3.63) is 0 Å². The Balaban J connectivity index is 0.000001000. The molecule has 1 rings (SSSR count). The molecule has 3 heteroatoms. The number of hydrogen-bond acceptors (Lipinski definition) is 2. The minimum absolute atomic E-state index is 0. The molecular weight excluding hydrogens is 160 g/mol. The molecule has 0 aromatic carbocycles. The average molecular weight is 179 g/mol. The summed E-state index contributed by atoms with van der Waals surface area (Å²) in [5.41, 5.74) is 0. The molecule has 0 unspecified atom stereocenters. The standard InChI is InChI=1S/C8H18N2.ClH/c1-9-7-3-5-8(10-2)6-4-7;/h7-10H,3-6H2,1-2H3;1H. The molecule has 0 heterocycles. The number of nitrogens with one attached hydrogen (secondary N) is 2. The van der Waals surface area contributed by atoms with Crippen molar-refractivity contribution >= 4 is 12.4 Å². The summed E-state index contributed by atoms with van der Waals surface area (Å²) in [7, 11) is 4.12. The zero-order valence-corrected chi connectivity index (χ0v) is 8.21. The van der Waals surface area contributed by atoms with Gasteiger partial charge in [-0.25, -0.2) is 0 Å². The van der Waals surface area contributed by atoms with Gasteiger partial charge < -0.3 is 10.6 Å². The lowest BCUT2D eigenvalue weighted by atomic mass is 9.91. The van der Waals surface area contributed by atoms with Crippen LogP contribution < -0.4 is 10.6 Å². The van der Waals surface area contributed by atoms with Gasteiger partial charge in [0.05, 0.1) is 0 Å². The number of halogens is 1. The van der Waals surface area contributed by atoms with Crippen molar-refractivity contribution in [2.45, 2.75) is 37.8 Å². The first kappa shape index (κ1) is 11.2. The van der Waals surface area contributed by atoms with Crippen molar-refractivity contribution in [2.75, 3.05) is 14.1 Å². The summed E-state index contributed by atoms with van der Waals surface area (Å²) >= 11 is 0. The van der Waals surface area contributed by atoms with Crippen molar-refractivity contribution in [1.82, 2.24) is 10.6 Å². The third-order valence-corrected chi connectivity index (χ3v) is 2.54. The van der Waals surface area contributed by atoms with Crippen LogP contribution in [0.5, 0.6) is 0 Å². The molecule has 1 fully saturated rings. The van der Waals surface area contributed by atoms with E-state index in [9.17, 15) is 0 Å². The van der Waals surface area contributed by atoms with Crippen LogP contribution in [0.3, 0.4) is 0 Å². The molecule has 2 N–H and O–H groups in total. The summed E-state index contributed by atoms with van der Waals surface area (Å²) in [6.07, 6.45) is 5.34. The Labute approximate surface area is 75.5 Å². The third kappa shape index (κ3) is 3.41. The topological polar surface area (TPSA) is 24.1 Å². The summed E-state index contributed by atoms with van der Waals surface area (Å²) < 4.78 is 0. The quantitative estimate of drug-likeness (QED) is 0.663. The van der Waals surface area contributed by atoms with Gasteiger partial charge in [-0.2, -0.15) is 0 Å². The predicted octanol–water partition coefficient (Wildman–Crippen LogP) is 1.16. The molecule has 0 saturated heterocycles. The van der Waals surface area contributed by atoms with Crippen LogP contribution >= 0.6 is 12.4 Å². The molecule has 68 valence electrons. The molecule has 0 aliphatic heterocycles. The summed E-state index contributed by atoms with van der Waals surface area (Å²) in [6, 6.07) is 1.56. The maximum Gasteiger partial charge on any atom is 0.00652 e. The molecule has 0 aromatic rings. The molecule has 0 amide bonds. The van der Waals surface area contributed by atoms with Crippen LogP contribution in [0.2, 0.25) is 0 Å². The van der Waals surface area contributed by atoms with Crippen LogP contribution in [-0.4, -0.2) is 26.2 Å². The zero-order valence-electron chi connectivity index (χ0n) is 7.39. The van der Waals surface area contributed by atoms with Crippen molar-refractivity contribution in [2.24, 2.45) is 0 Å². The highest BCUT2D eigenvalue weighted by Gasteiger charge is 2.17. The molecule has 2 nitrogen and oxygen atoms in total. The van der Waals surface area contributed by atoms with E-state index in [1.165, 1.54) is 25.7 Å². The second-order valence-corrected chi connectivity index (χ2v) is 3.13. The summed E-state index contributed by atoms with van der Waals surface area (Å²) in [5.74, 6) is 0. The predicted molar refractivity (Wildman–Crippen MR) is 51.4 cm³/mol. The van der Waals surface area contributed by atoms with Crippen LogP contribution in [-0.2, 0) is 0 Å². The van der Waals surface area contributed by atoms with Gasteiger partial charge in [-0.05, 0) is 39.8 Å². The van der Waals surface area contributed by atoms with E-state index < -0.39 is 0 Å². The second kappa shape index (κ2) is 5.81. The average Bonchev–Trinajstić information content (AvgIpc) is 2.05. The molecular formula is C8H19ClN2. The van der Waals surface area contributed by atoms with Crippen molar-refractivity contribution in [1.29, 1.82) is 0 Å². The highest BCUT2D eigenvalue weighted by molar-refractivity contribution is 5.85. The fourth-order valence-corrected chi connectivity index (χ4v) is 1.67. The first-order valence-electron chi connectivity index (χ1n) is 4.21. The van der Waals surface area contributed by atoms with Gasteiger partial charge >= 0.3 is 0 Å². The van der Waals surface area contributed by atoms with Gasteiger partial charge in [-0.3, -0.25) is 0 Å². The van der Waals surface area contributed by atoms with E-state index in [2.05, 4.69) is 24.7 Å². The van der Waals surface area contributed by atoms with Crippen molar-refractivity contribution in [3.63, 3.8) is 0 Å². The molecule has 0 aromatic heterocycles. The zero-order chi connectivity index (χ0) is 7.40. The van der Waals surface area contributed by atoms with Crippen LogP contribution in [0.1, 0.15) is 25.7 Å². The van der Waals surface area contributed by atoms with Gasteiger partial charge in [0.15, 0.2) is 0 Å². The van der Waals surface area contributed by atoms with Gasteiger partial charge in [0.25, 0.3) is 0 Å². The molecule has 1 aliphatic rings. The first-order chi connectivity index (χ1) is 4.86. The number of hydrogen-bond donors (Lipinski definition) is 2. The monoisotopic (exact) mass is 178 g/mol. The van der Waals surface area contributed by atoms with Crippen LogP contribution in [0.4, 0.5) is 0 Å². The molecule has 0 spiro atoms. The largest absolute Gasteiger partial charge is 0.317 e. The Kier molecular flexibility index (Phi) is 5.92. The van der Waals surface area contributed by atoms with E-state index in [1.807, 2.05) is 0 Å². The molecule has 0 bridgehead atoms. The summed E-state index contributed by atoms with van der Waals surface area (Å²) in [4.78, 5) is 0. The van der Waals surface area contributed by atoms with Crippen molar-refractivity contribution < 1.29 is 0 Å². The maximum atomic E-state index is 3.32. The second-order valence-electron chi connectivity index (χ2n) is 3.13. The van der Waals surface area contributed by atoms with Gasteiger partial charge in [-0.15, -0.1) is 12.4 Å². The maximum absolute atomic E-state index is 3.32. The minimum Gasteiger partial charge on any atom is -0.317 e. The van der Waals surface area contributed by atoms with Gasteiger partial charge in [0.1, 0.15) is 0 Å². The van der Waals surface area contributed by atoms with Gasteiger partial charge in [0.2, 0.25) is 0 Å². The lowest BCUT2D eigenvalue weighted by Crippen LogP contribution is -2.37. The van der Waals surface area contributed by atoms with Gasteiger partial charge in [-0.1, -0.05) is 0 Å². The lowest BCUT2D eigenvalue weighted by Gasteiger charge is -2.27. The number of rotatable bonds is 2. The van der Waals surface area contributed by atoms with E-state index in [0.29, 0.717) is 0 Å². The minimum atomic E-state index is 0. The Morgan fingerprint density at radius 2 is 1.09 bits per heavy atom. The summed E-state index contributed by atoms with van der Waals surface area (Å²) in [6.45, 7) is 0. The molecule has 11 heavy (non-hydrogen) atoms. The van der Waals surface area contributed by atoms with Crippen molar-refractivity contribution in [3.8, 4) is 0 Å². The Morgan fingerprint density at radius 3 is 1.27 bits per heavy atom. The van der Waals surface area contributed by atoms with E-state index in [4.69, 9.17) is 0 Å². The highest BCUT2D eigenvalue weighted by atomic mass is 35.5. The Hall–Kier alpha value is 0.210. The van der Waals surface area contributed by atoms with E-state index in [0.717, 1.165) is 12.1 Å². The first-order valence-corrected chi connectivity index (χ1v) is 4.21. The molecule has 0 atom stereocenters. The normalized spacial score (nSPS) is 31.1. The Morgan fingerprint density at radius 1 is 0.818 bits per heavy atom. The van der Waals surface area contributed by atoms with E-state index in [1.54, 1.807) is 0 Å².